The van der Waals surface area contributed by atoms with Crippen LogP contribution in [0, 0.1) is 0 Å². The summed E-state index contributed by atoms with van der Waals surface area (Å²) in [6, 6.07) is 10.3. The summed E-state index contributed by atoms with van der Waals surface area (Å²) >= 11 is 3.35. The van der Waals surface area contributed by atoms with Crippen molar-refractivity contribution < 1.29 is 9.47 Å². The van der Waals surface area contributed by atoms with Crippen molar-refractivity contribution in [3.63, 3.8) is 0 Å². The summed E-state index contributed by atoms with van der Waals surface area (Å²) in [5.74, 6) is 0.599. The highest BCUT2D eigenvalue weighted by atomic mass is 79.9. The van der Waals surface area contributed by atoms with Gasteiger partial charge in [0.2, 0.25) is 5.95 Å². The first-order chi connectivity index (χ1) is 11.7. The molecule has 2 unspecified atom stereocenters. The summed E-state index contributed by atoms with van der Waals surface area (Å²) in [5, 5.41) is 3.36. The fourth-order valence-electron chi connectivity index (χ4n) is 2.81. The Morgan fingerprint density at radius 1 is 1.17 bits per heavy atom. The number of aromatic nitrogens is 2. The van der Waals surface area contributed by atoms with Gasteiger partial charge < -0.3 is 14.8 Å². The number of benzene rings is 1. The van der Waals surface area contributed by atoms with Gasteiger partial charge in [0.1, 0.15) is 6.10 Å². The monoisotopic (exact) mass is 391 g/mol. The van der Waals surface area contributed by atoms with E-state index in [-0.39, 0.29) is 18.2 Å². The predicted octanol–water partition coefficient (Wildman–Crippen LogP) is 3.98. The molecule has 5 nitrogen and oxygen atoms in total. The first kappa shape index (κ1) is 17.3. The van der Waals surface area contributed by atoms with Gasteiger partial charge in [0, 0.05) is 25.6 Å². The molecular formula is C18H22BrN3O2. The van der Waals surface area contributed by atoms with E-state index in [1.165, 1.54) is 0 Å². The summed E-state index contributed by atoms with van der Waals surface area (Å²) in [7, 11) is 0. The molecule has 2 atom stereocenters. The molecule has 1 aromatic heterocycles. The van der Waals surface area contributed by atoms with Crippen LogP contribution in [0.25, 0.3) is 0 Å². The molecule has 0 spiro atoms. The highest BCUT2D eigenvalue weighted by Gasteiger charge is 2.26. The number of hydrogen-bond acceptors (Lipinski definition) is 5. The maximum atomic E-state index is 6.43. The van der Waals surface area contributed by atoms with Gasteiger partial charge in [0.15, 0.2) is 0 Å². The molecule has 0 bridgehead atoms. The van der Waals surface area contributed by atoms with E-state index < -0.39 is 0 Å². The molecule has 1 aliphatic heterocycles. The largest absolute Gasteiger partial charge is 0.381 e. The van der Waals surface area contributed by atoms with E-state index >= 15 is 0 Å². The third kappa shape index (κ3) is 4.75. The maximum absolute atomic E-state index is 6.43. The number of rotatable bonds is 6. The molecule has 2 aromatic rings. The Morgan fingerprint density at radius 2 is 1.83 bits per heavy atom. The molecule has 0 aliphatic carbocycles. The normalized spacial score (nSPS) is 18.1. The van der Waals surface area contributed by atoms with Crippen LogP contribution in [-0.4, -0.2) is 35.3 Å². The zero-order valence-electron chi connectivity index (χ0n) is 13.7. The van der Waals surface area contributed by atoms with Crippen molar-refractivity contribution >= 4 is 21.9 Å². The van der Waals surface area contributed by atoms with Gasteiger partial charge in [-0.1, -0.05) is 30.3 Å². The Hall–Kier alpha value is -1.50. The van der Waals surface area contributed by atoms with Gasteiger partial charge in [0.25, 0.3) is 0 Å². The van der Waals surface area contributed by atoms with E-state index in [1.54, 1.807) is 12.4 Å². The fourth-order valence-corrected chi connectivity index (χ4v) is 3.02. The van der Waals surface area contributed by atoms with Crippen LogP contribution >= 0.6 is 15.9 Å². The number of nitrogens with zero attached hydrogens (tertiary/aromatic N) is 2. The number of anilines is 1. The Kier molecular flexibility index (Phi) is 6.18. The van der Waals surface area contributed by atoms with Crippen LogP contribution in [0.2, 0.25) is 0 Å². The van der Waals surface area contributed by atoms with Gasteiger partial charge in [-0.05, 0) is 41.3 Å². The smallest absolute Gasteiger partial charge is 0.222 e. The molecule has 6 heteroatoms. The molecule has 128 valence electrons. The molecule has 1 aliphatic rings. The zero-order chi connectivity index (χ0) is 16.8. The van der Waals surface area contributed by atoms with Gasteiger partial charge in [-0.3, -0.25) is 0 Å². The molecule has 24 heavy (non-hydrogen) atoms. The molecule has 3 rings (SSSR count). The lowest BCUT2D eigenvalue weighted by atomic mass is 10.0. The van der Waals surface area contributed by atoms with Gasteiger partial charge in [-0.2, -0.15) is 0 Å². The lowest BCUT2D eigenvalue weighted by molar-refractivity contribution is -0.0739. The summed E-state index contributed by atoms with van der Waals surface area (Å²) in [6.07, 6.45) is 5.49. The zero-order valence-corrected chi connectivity index (χ0v) is 15.3. The SMILES string of the molecule is CC(Nc1ncc(Br)cn1)C(OC1CCOCC1)c1ccccc1. The Balaban J connectivity index is 1.73. The predicted molar refractivity (Wildman–Crippen MR) is 96.9 cm³/mol. The van der Waals surface area contributed by atoms with E-state index in [9.17, 15) is 0 Å². The Bertz CT molecular complexity index is 618. The highest BCUT2D eigenvalue weighted by Crippen LogP contribution is 2.27. The second-order valence-corrected chi connectivity index (χ2v) is 6.85. The van der Waals surface area contributed by atoms with Gasteiger partial charge >= 0.3 is 0 Å². The van der Waals surface area contributed by atoms with Crippen LogP contribution in [0.5, 0.6) is 0 Å². The number of ether oxygens (including phenoxy) is 2. The minimum Gasteiger partial charge on any atom is -0.381 e. The van der Waals surface area contributed by atoms with Crippen molar-refractivity contribution in [2.24, 2.45) is 0 Å². The quantitative estimate of drug-likeness (QED) is 0.806. The van der Waals surface area contributed by atoms with Crippen LogP contribution < -0.4 is 5.32 Å². The van der Waals surface area contributed by atoms with Crippen molar-refractivity contribution in [3.05, 3.63) is 52.8 Å². The first-order valence-electron chi connectivity index (χ1n) is 8.24. The molecule has 1 saturated heterocycles. The third-order valence-electron chi connectivity index (χ3n) is 4.07. The molecule has 1 fully saturated rings. The molecular weight excluding hydrogens is 370 g/mol. The average Bonchev–Trinajstić information content (AvgIpc) is 2.63. The molecule has 0 radical (unpaired) electrons. The molecule has 1 aromatic carbocycles. The lowest BCUT2D eigenvalue weighted by Gasteiger charge is -2.31. The Labute approximate surface area is 150 Å². The van der Waals surface area contributed by atoms with Crippen LogP contribution in [0.4, 0.5) is 5.95 Å². The van der Waals surface area contributed by atoms with Crippen LogP contribution in [0.1, 0.15) is 31.4 Å². The first-order valence-corrected chi connectivity index (χ1v) is 9.04. The second kappa shape index (κ2) is 8.55. The standard InChI is InChI=1S/C18H22BrN3O2/c1-13(22-18-20-11-15(19)12-21-18)17(14-5-3-2-4-6-14)24-16-7-9-23-10-8-16/h2-6,11-13,16-17H,7-10H2,1H3,(H,20,21,22). The van der Waals surface area contributed by atoms with Crippen molar-refractivity contribution in [2.75, 3.05) is 18.5 Å². The van der Waals surface area contributed by atoms with E-state index in [0.717, 1.165) is 36.1 Å². The average molecular weight is 392 g/mol. The lowest BCUT2D eigenvalue weighted by Crippen LogP contribution is -2.33. The van der Waals surface area contributed by atoms with Gasteiger partial charge in [-0.25, -0.2) is 9.97 Å². The maximum Gasteiger partial charge on any atom is 0.222 e. The van der Waals surface area contributed by atoms with Gasteiger partial charge in [-0.15, -0.1) is 0 Å². The van der Waals surface area contributed by atoms with E-state index in [2.05, 4.69) is 50.3 Å². The van der Waals surface area contributed by atoms with Crippen molar-refractivity contribution in [3.8, 4) is 0 Å². The number of halogens is 1. The molecule has 0 saturated carbocycles. The van der Waals surface area contributed by atoms with E-state index in [1.807, 2.05) is 18.2 Å². The topological polar surface area (TPSA) is 56.3 Å². The second-order valence-electron chi connectivity index (χ2n) is 5.94. The van der Waals surface area contributed by atoms with Crippen molar-refractivity contribution in [2.45, 2.75) is 38.0 Å². The minimum absolute atomic E-state index is 0.0384. The number of hydrogen-bond donors (Lipinski definition) is 1. The van der Waals surface area contributed by atoms with Gasteiger partial charge in [0.05, 0.1) is 16.6 Å². The van der Waals surface area contributed by atoms with Crippen LogP contribution in [-0.2, 0) is 9.47 Å². The molecule has 1 N–H and O–H groups in total. The highest BCUT2D eigenvalue weighted by molar-refractivity contribution is 9.10. The number of nitrogens with one attached hydrogen (secondary N) is 1. The van der Waals surface area contributed by atoms with E-state index in [4.69, 9.17) is 9.47 Å². The minimum atomic E-state index is -0.0680. The summed E-state index contributed by atoms with van der Waals surface area (Å²) in [6.45, 7) is 3.63. The summed E-state index contributed by atoms with van der Waals surface area (Å²) in [4.78, 5) is 8.59. The fraction of sp³-hybridized carbons (Fsp3) is 0.444. The van der Waals surface area contributed by atoms with Crippen LogP contribution in [0.3, 0.4) is 0 Å². The van der Waals surface area contributed by atoms with Crippen LogP contribution in [0.15, 0.2) is 47.2 Å². The molecule has 0 amide bonds. The third-order valence-corrected chi connectivity index (χ3v) is 4.48. The summed E-state index contributed by atoms with van der Waals surface area (Å²) < 4.78 is 12.7. The molecule has 2 heterocycles. The van der Waals surface area contributed by atoms with E-state index in [0.29, 0.717) is 5.95 Å². The summed E-state index contributed by atoms with van der Waals surface area (Å²) in [5.41, 5.74) is 1.15. The van der Waals surface area contributed by atoms with Crippen molar-refractivity contribution in [1.82, 2.24) is 9.97 Å². The Morgan fingerprint density at radius 3 is 2.50 bits per heavy atom. The van der Waals surface area contributed by atoms with Crippen molar-refractivity contribution in [1.29, 1.82) is 0 Å².